The minimum absolute atomic E-state index is 0. The van der Waals surface area contributed by atoms with Crippen LogP contribution >= 0.6 is 24.0 Å². The summed E-state index contributed by atoms with van der Waals surface area (Å²) in [5.74, 6) is 2.43. The van der Waals surface area contributed by atoms with E-state index in [0.717, 1.165) is 50.1 Å². The Morgan fingerprint density at radius 1 is 1.10 bits per heavy atom. The van der Waals surface area contributed by atoms with Crippen molar-refractivity contribution in [1.29, 1.82) is 0 Å². The van der Waals surface area contributed by atoms with E-state index in [-0.39, 0.29) is 30.0 Å². The van der Waals surface area contributed by atoms with Crippen LogP contribution in [0.4, 0.5) is 0 Å². The van der Waals surface area contributed by atoms with Crippen molar-refractivity contribution in [3.05, 3.63) is 59.2 Å². The number of ether oxygens (including phenoxy) is 2. The van der Waals surface area contributed by atoms with Crippen LogP contribution in [0.1, 0.15) is 29.7 Å². The number of rotatable bonds is 7. The van der Waals surface area contributed by atoms with Gasteiger partial charge in [-0.2, -0.15) is 0 Å². The summed E-state index contributed by atoms with van der Waals surface area (Å²) in [6.07, 6.45) is 1.02. The van der Waals surface area contributed by atoms with Gasteiger partial charge in [-0.05, 0) is 42.2 Å². The van der Waals surface area contributed by atoms with Gasteiger partial charge in [-0.15, -0.1) is 24.0 Å². The third-order valence-corrected chi connectivity index (χ3v) is 5.39. The van der Waals surface area contributed by atoms with E-state index >= 15 is 0 Å². The summed E-state index contributed by atoms with van der Waals surface area (Å²) in [4.78, 5) is 6.81. The molecular weight excluding hydrogens is 491 g/mol. The van der Waals surface area contributed by atoms with Gasteiger partial charge < -0.3 is 20.1 Å². The summed E-state index contributed by atoms with van der Waals surface area (Å²) in [5, 5.41) is 6.89. The van der Waals surface area contributed by atoms with Crippen LogP contribution < -0.4 is 20.1 Å². The van der Waals surface area contributed by atoms with E-state index in [1.165, 1.54) is 16.7 Å². The quantitative estimate of drug-likeness (QED) is 0.330. The lowest BCUT2D eigenvalue weighted by molar-refractivity contribution is 0.256. The van der Waals surface area contributed by atoms with Crippen molar-refractivity contribution in [3.63, 3.8) is 0 Å². The molecule has 1 aliphatic heterocycles. The highest BCUT2D eigenvalue weighted by Gasteiger charge is 2.19. The summed E-state index contributed by atoms with van der Waals surface area (Å²) in [6, 6.07) is 14.8. The van der Waals surface area contributed by atoms with Gasteiger partial charge >= 0.3 is 0 Å². The fraction of sp³-hybridized carbons (Fsp3) is 0.435. The van der Waals surface area contributed by atoms with E-state index < -0.39 is 0 Å². The van der Waals surface area contributed by atoms with Crippen LogP contribution in [-0.2, 0) is 13.0 Å². The topological polar surface area (TPSA) is 58.1 Å². The largest absolute Gasteiger partial charge is 0.493 e. The standard InChI is InChI=1S/C23H32N4O2.HI/c1-17(18-8-6-5-7-9-18)26-23(24-2)25-11-13-27-12-10-19-14-21(28-3)22(29-4)15-20(19)16-27;/h5-9,14-15,17H,10-13,16H2,1-4H3,(H2,24,25,26);1H. The molecule has 0 aromatic heterocycles. The molecular formula is C23H33IN4O2. The van der Waals surface area contributed by atoms with E-state index in [1.54, 1.807) is 14.2 Å². The molecule has 1 atom stereocenters. The molecule has 30 heavy (non-hydrogen) atoms. The summed E-state index contributed by atoms with van der Waals surface area (Å²) in [5.41, 5.74) is 3.91. The summed E-state index contributed by atoms with van der Waals surface area (Å²) in [6.45, 7) is 5.89. The van der Waals surface area contributed by atoms with Crippen LogP contribution in [0.25, 0.3) is 0 Å². The smallest absolute Gasteiger partial charge is 0.191 e. The first kappa shape index (κ1) is 24.3. The Hall–Kier alpha value is -2.00. The molecule has 0 aliphatic carbocycles. The van der Waals surface area contributed by atoms with Crippen molar-refractivity contribution >= 4 is 29.9 Å². The Bertz CT molecular complexity index is 829. The van der Waals surface area contributed by atoms with E-state index in [2.05, 4.69) is 63.8 Å². The lowest BCUT2D eigenvalue weighted by atomic mass is 9.99. The molecule has 2 aromatic rings. The first-order chi connectivity index (χ1) is 14.1. The number of methoxy groups -OCH3 is 2. The maximum absolute atomic E-state index is 5.46. The molecule has 6 nitrogen and oxygen atoms in total. The zero-order valence-electron chi connectivity index (χ0n) is 18.3. The van der Waals surface area contributed by atoms with E-state index in [1.807, 2.05) is 13.1 Å². The van der Waals surface area contributed by atoms with Crippen molar-refractivity contribution in [2.24, 2.45) is 4.99 Å². The normalized spacial score (nSPS) is 14.9. The number of halogens is 1. The Kier molecular flexibility index (Phi) is 9.71. The predicted octanol–water partition coefficient (Wildman–Crippen LogP) is 3.61. The molecule has 1 heterocycles. The molecule has 0 saturated heterocycles. The number of fused-ring (bicyclic) bond motifs is 1. The fourth-order valence-electron chi connectivity index (χ4n) is 3.69. The van der Waals surface area contributed by atoms with E-state index in [4.69, 9.17) is 9.47 Å². The van der Waals surface area contributed by atoms with Crippen LogP contribution in [0, 0.1) is 0 Å². The van der Waals surface area contributed by atoms with Gasteiger partial charge in [0.25, 0.3) is 0 Å². The van der Waals surface area contributed by atoms with Gasteiger partial charge in [0, 0.05) is 33.2 Å². The molecule has 0 spiro atoms. The van der Waals surface area contributed by atoms with Crippen molar-refractivity contribution in [2.75, 3.05) is 40.9 Å². The zero-order valence-corrected chi connectivity index (χ0v) is 20.6. The molecule has 0 amide bonds. The van der Waals surface area contributed by atoms with Gasteiger partial charge in [0.1, 0.15) is 0 Å². The van der Waals surface area contributed by atoms with E-state index in [9.17, 15) is 0 Å². The molecule has 1 unspecified atom stereocenters. The fourth-order valence-corrected chi connectivity index (χ4v) is 3.69. The Morgan fingerprint density at radius 3 is 2.40 bits per heavy atom. The summed E-state index contributed by atoms with van der Waals surface area (Å²) in [7, 11) is 5.18. The predicted molar refractivity (Wildman–Crippen MR) is 133 cm³/mol. The van der Waals surface area contributed by atoms with Crippen molar-refractivity contribution < 1.29 is 9.47 Å². The van der Waals surface area contributed by atoms with Gasteiger partial charge in [0.2, 0.25) is 0 Å². The van der Waals surface area contributed by atoms with Crippen molar-refractivity contribution in [2.45, 2.75) is 25.9 Å². The van der Waals surface area contributed by atoms with Crippen LogP contribution in [0.3, 0.4) is 0 Å². The molecule has 2 aromatic carbocycles. The Morgan fingerprint density at radius 2 is 1.77 bits per heavy atom. The van der Waals surface area contributed by atoms with Crippen molar-refractivity contribution in [1.82, 2.24) is 15.5 Å². The summed E-state index contributed by atoms with van der Waals surface area (Å²) >= 11 is 0. The third-order valence-electron chi connectivity index (χ3n) is 5.39. The average molecular weight is 524 g/mol. The lowest BCUT2D eigenvalue weighted by Gasteiger charge is -2.30. The highest BCUT2D eigenvalue weighted by molar-refractivity contribution is 14.0. The minimum Gasteiger partial charge on any atom is -0.493 e. The first-order valence-electron chi connectivity index (χ1n) is 10.1. The summed E-state index contributed by atoms with van der Waals surface area (Å²) < 4.78 is 10.9. The lowest BCUT2D eigenvalue weighted by Crippen LogP contribution is -2.43. The molecule has 0 fully saturated rings. The van der Waals surface area contributed by atoms with Crippen LogP contribution in [-0.4, -0.2) is 51.8 Å². The number of hydrogen-bond acceptors (Lipinski definition) is 4. The molecule has 0 radical (unpaired) electrons. The maximum Gasteiger partial charge on any atom is 0.191 e. The van der Waals surface area contributed by atoms with E-state index in [0.29, 0.717) is 0 Å². The van der Waals surface area contributed by atoms with Gasteiger partial charge in [0.15, 0.2) is 17.5 Å². The van der Waals surface area contributed by atoms with Crippen molar-refractivity contribution in [3.8, 4) is 11.5 Å². The highest BCUT2D eigenvalue weighted by atomic mass is 127. The minimum atomic E-state index is 0. The van der Waals surface area contributed by atoms with Crippen LogP contribution in [0.5, 0.6) is 11.5 Å². The van der Waals surface area contributed by atoms with Crippen LogP contribution in [0.2, 0.25) is 0 Å². The Labute approximate surface area is 197 Å². The number of nitrogens with zero attached hydrogens (tertiary/aromatic N) is 2. The highest BCUT2D eigenvalue weighted by Crippen LogP contribution is 2.33. The molecule has 7 heteroatoms. The van der Waals surface area contributed by atoms with Gasteiger partial charge in [-0.3, -0.25) is 9.89 Å². The molecule has 3 rings (SSSR count). The zero-order chi connectivity index (χ0) is 20.6. The number of guanidine groups is 1. The molecule has 2 N–H and O–H groups in total. The monoisotopic (exact) mass is 524 g/mol. The number of nitrogens with one attached hydrogen (secondary N) is 2. The molecule has 0 saturated carbocycles. The van der Waals surface area contributed by atoms with Gasteiger partial charge in [0.05, 0.1) is 20.3 Å². The number of aliphatic imine (C=N–C) groups is 1. The second-order valence-corrected chi connectivity index (χ2v) is 7.28. The molecule has 1 aliphatic rings. The average Bonchev–Trinajstić information content (AvgIpc) is 2.77. The third kappa shape index (κ3) is 6.25. The second-order valence-electron chi connectivity index (χ2n) is 7.28. The molecule has 164 valence electrons. The SMILES string of the molecule is CN=C(NCCN1CCc2cc(OC)c(OC)cc2C1)NC(C)c1ccccc1.I. The maximum atomic E-state index is 5.46. The number of benzene rings is 2. The number of hydrogen-bond donors (Lipinski definition) is 2. The van der Waals surface area contributed by atoms with Gasteiger partial charge in [-0.1, -0.05) is 30.3 Å². The second kappa shape index (κ2) is 12.0. The van der Waals surface area contributed by atoms with Gasteiger partial charge in [-0.25, -0.2) is 0 Å². The first-order valence-corrected chi connectivity index (χ1v) is 10.1. The van der Waals surface area contributed by atoms with Crippen LogP contribution in [0.15, 0.2) is 47.5 Å². The molecule has 0 bridgehead atoms. The Balaban J connectivity index is 0.00000320.